The number of anilines is 1. The predicted molar refractivity (Wildman–Crippen MR) is 87.9 cm³/mol. The van der Waals surface area contributed by atoms with Gasteiger partial charge in [0, 0.05) is 43.0 Å². The van der Waals surface area contributed by atoms with Gasteiger partial charge in [0.1, 0.15) is 5.82 Å². The fraction of sp³-hybridized carbons (Fsp3) is 0.706. The molecule has 1 aromatic rings. The van der Waals surface area contributed by atoms with Crippen LogP contribution in [0.2, 0.25) is 0 Å². The molecule has 1 aliphatic heterocycles. The van der Waals surface area contributed by atoms with Crippen molar-refractivity contribution >= 4 is 5.82 Å². The van der Waals surface area contributed by atoms with Gasteiger partial charge in [0.25, 0.3) is 0 Å². The van der Waals surface area contributed by atoms with Crippen LogP contribution in [0.5, 0.6) is 0 Å². The van der Waals surface area contributed by atoms with Crippen molar-refractivity contribution in [2.24, 2.45) is 0 Å². The zero-order valence-electron chi connectivity index (χ0n) is 13.8. The highest BCUT2D eigenvalue weighted by Crippen LogP contribution is 2.28. The van der Waals surface area contributed by atoms with Crippen LogP contribution in [-0.4, -0.2) is 49.2 Å². The van der Waals surface area contributed by atoms with Crippen LogP contribution in [-0.2, 0) is 6.54 Å². The van der Waals surface area contributed by atoms with E-state index in [9.17, 15) is 0 Å². The molecule has 0 spiro atoms. The first-order chi connectivity index (χ1) is 10.0. The summed E-state index contributed by atoms with van der Waals surface area (Å²) in [5.41, 5.74) is 3.90. The molecular weight excluding hydrogens is 260 g/mol. The van der Waals surface area contributed by atoms with Crippen molar-refractivity contribution in [1.82, 2.24) is 15.2 Å². The van der Waals surface area contributed by atoms with Crippen molar-refractivity contribution in [3.05, 3.63) is 22.9 Å². The second-order valence-electron chi connectivity index (χ2n) is 6.89. The van der Waals surface area contributed by atoms with Crippen molar-refractivity contribution in [3.8, 4) is 0 Å². The Hall–Kier alpha value is -1.13. The Morgan fingerprint density at radius 1 is 1.29 bits per heavy atom. The lowest BCUT2D eigenvalue weighted by Gasteiger charge is -2.24. The summed E-state index contributed by atoms with van der Waals surface area (Å²) in [5.74, 6) is 1.21. The molecule has 21 heavy (non-hydrogen) atoms. The fourth-order valence-corrected chi connectivity index (χ4v) is 3.21. The van der Waals surface area contributed by atoms with Crippen LogP contribution in [0.1, 0.15) is 36.1 Å². The minimum Gasteiger partial charge on any atom is -0.355 e. The molecule has 0 radical (unpaired) electrons. The first-order valence-electron chi connectivity index (χ1n) is 8.16. The number of rotatable bonds is 5. The lowest BCUT2D eigenvalue weighted by atomic mass is 10.1. The lowest BCUT2D eigenvalue weighted by molar-refractivity contribution is 0.315. The third-order valence-electron chi connectivity index (χ3n) is 4.79. The van der Waals surface area contributed by atoms with Crippen LogP contribution in [0.3, 0.4) is 0 Å². The molecule has 1 saturated heterocycles. The van der Waals surface area contributed by atoms with Crippen LogP contribution in [0, 0.1) is 13.8 Å². The normalized spacial score (nSPS) is 22.3. The summed E-state index contributed by atoms with van der Waals surface area (Å²) < 4.78 is 0. The van der Waals surface area contributed by atoms with Gasteiger partial charge in [-0.15, -0.1) is 0 Å². The van der Waals surface area contributed by atoms with Crippen LogP contribution in [0.25, 0.3) is 0 Å². The quantitative estimate of drug-likeness (QED) is 0.899. The van der Waals surface area contributed by atoms with Crippen molar-refractivity contribution in [2.45, 2.75) is 51.7 Å². The first kappa shape index (κ1) is 14.8. The van der Waals surface area contributed by atoms with Gasteiger partial charge in [-0.05, 0) is 58.8 Å². The Balaban J connectivity index is 1.81. The van der Waals surface area contributed by atoms with Gasteiger partial charge in [-0.3, -0.25) is 0 Å². The number of likely N-dealkylation sites (N-methyl/N-ethyl adjacent to an activating group) is 1. The fourth-order valence-electron chi connectivity index (χ4n) is 3.21. The van der Waals surface area contributed by atoms with Crippen molar-refractivity contribution < 1.29 is 0 Å². The number of nitrogens with zero attached hydrogens (tertiary/aromatic N) is 3. The Morgan fingerprint density at radius 3 is 2.67 bits per heavy atom. The molecule has 4 heteroatoms. The van der Waals surface area contributed by atoms with E-state index < -0.39 is 0 Å². The van der Waals surface area contributed by atoms with Gasteiger partial charge < -0.3 is 15.1 Å². The minimum absolute atomic E-state index is 0.650. The van der Waals surface area contributed by atoms with Crippen LogP contribution in [0.15, 0.2) is 6.07 Å². The molecule has 1 unspecified atom stereocenters. The average molecular weight is 288 g/mol. The van der Waals surface area contributed by atoms with Crippen LogP contribution < -0.4 is 10.2 Å². The molecule has 4 nitrogen and oxygen atoms in total. The van der Waals surface area contributed by atoms with Crippen LogP contribution >= 0.6 is 0 Å². The summed E-state index contributed by atoms with van der Waals surface area (Å²) in [5, 5.41) is 3.65. The standard InChI is InChI=1S/C17H28N4/c1-12-9-13(2)19-17(16(12)10-18-14-5-6-14)21-8-7-15(11-21)20(3)4/h9,14-15,18H,5-8,10-11H2,1-4H3. The van der Waals surface area contributed by atoms with Gasteiger partial charge >= 0.3 is 0 Å². The van der Waals surface area contributed by atoms with E-state index in [0.717, 1.165) is 31.4 Å². The maximum absolute atomic E-state index is 4.88. The molecule has 0 aromatic carbocycles. The van der Waals surface area contributed by atoms with Gasteiger partial charge in [0.15, 0.2) is 0 Å². The molecular formula is C17H28N4. The summed E-state index contributed by atoms with van der Waals surface area (Å²) in [6, 6.07) is 3.61. The summed E-state index contributed by atoms with van der Waals surface area (Å²) in [6.07, 6.45) is 3.90. The average Bonchev–Trinajstić information content (AvgIpc) is 3.11. The maximum Gasteiger partial charge on any atom is 0.133 e. The molecule has 3 rings (SSSR count). The monoisotopic (exact) mass is 288 g/mol. The second-order valence-corrected chi connectivity index (χ2v) is 6.89. The number of hydrogen-bond acceptors (Lipinski definition) is 4. The Bertz CT molecular complexity index is 508. The SMILES string of the molecule is Cc1cc(C)c(CNC2CC2)c(N2CCC(N(C)C)C2)n1. The predicted octanol–water partition coefficient (Wildman–Crippen LogP) is 2.09. The molecule has 2 aliphatic rings. The molecule has 1 aliphatic carbocycles. The van der Waals surface area contributed by atoms with Crippen molar-refractivity contribution in [3.63, 3.8) is 0 Å². The summed E-state index contributed by atoms with van der Waals surface area (Å²) in [6.45, 7) is 7.51. The van der Waals surface area contributed by atoms with E-state index >= 15 is 0 Å². The van der Waals surface area contributed by atoms with E-state index in [1.807, 2.05) is 0 Å². The van der Waals surface area contributed by atoms with Crippen molar-refractivity contribution in [2.75, 3.05) is 32.1 Å². The highest BCUT2D eigenvalue weighted by atomic mass is 15.3. The van der Waals surface area contributed by atoms with E-state index in [-0.39, 0.29) is 0 Å². The third kappa shape index (κ3) is 3.38. The molecule has 1 N–H and O–H groups in total. The molecule has 0 amide bonds. The zero-order valence-corrected chi connectivity index (χ0v) is 13.8. The van der Waals surface area contributed by atoms with Gasteiger partial charge in [0.05, 0.1) is 0 Å². The summed E-state index contributed by atoms with van der Waals surface area (Å²) >= 11 is 0. The molecule has 116 valence electrons. The Labute approximate surface area is 128 Å². The summed E-state index contributed by atoms with van der Waals surface area (Å²) in [7, 11) is 4.36. The number of hydrogen-bond donors (Lipinski definition) is 1. The Morgan fingerprint density at radius 2 is 2.05 bits per heavy atom. The zero-order chi connectivity index (χ0) is 15.0. The van der Waals surface area contributed by atoms with Gasteiger partial charge in [0.2, 0.25) is 0 Å². The van der Waals surface area contributed by atoms with Gasteiger partial charge in [-0.25, -0.2) is 4.98 Å². The highest BCUT2D eigenvalue weighted by molar-refractivity contribution is 5.52. The molecule has 1 saturated carbocycles. The van der Waals surface area contributed by atoms with E-state index in [2.05, 4.69) is 49.1 Å². The second kappa shape index (κ2) is 5.93. The number of nitrogens with one attached hydrogen (secondary N) is 1. The topological polar surface area (TPSA) is 31.4 Å². The van der Waals surface area contributed by atoms with E-state index in [4.69, 9.17) is 4.98 Å². The molecule has 2 heterocycles. The molecule has 1 atom stereocenters. The lowest BCUT2D eigenvalue weighted by Crippen LogP contribution is -2.32. The molecule has 2 fully saturated rings. The summed E-state index contributed by atoms with van der Waals surface area (Å²) in [4.78, 5) is 9.69. The minimum atomic E-state index is 0.650. The first-order valence-corrected chi connectivity index (χ1v) is 8.16. The van der Waals surface area contributed by atoms with E-state index in [1.165, 1.54) is 36.2 Å². The van der Waals surface area contributed by atoms with Gasteiger partial charge in [-0.2, -0.15) is 0 Å². The number of aromatic nitrogens is 1. The largest absolute Gasteiger partial charge is 0.355 e. The van der Waals surface area contributed by atoms with Crippen molar-refractivity contribution in [1.29, 1.82) is 0 Å². The Kier molecular flexibility index (Phi) is 4.18. The highest BCUT2D eigenvalue weighted by Gasteiger charge is 2.28. The van der Waals surface area contributed by atoms with E-state index in [0.29, 0.717) is 6.04 Å². The van der Waals surface area contributed by atoms with Gasteiger partial charge in [-0.1, -0.05) is 0 Å². The maximum atomic E-state index is 4.88. The number of aryl methyl sites for hydroxylation is 2. The molecule has 1 aromatic heterocycles. The third-order valence-corrected chi connectivity index (χ3v) is 4.79. The molecule has 0 bridgehead atoms. The van der Waals surface area contributed by atoms with Crippen LogP contribution in [0.4, 0.5) is 5.82 Å². The van der Waals surface area contributed by atoms with E-state index in [1.54, 1.807) is 0 Å². The smallest absolute Gasteiger partial charge is 0.133 e. The number of pyridine rings is 1.